The van der Waals surface area contributed by atoms with E-state index in [0.29, 0.717) is 0 Å². The van der Waals surface area contributed by atoms with Gasteiger partial charge in [-0.25, -0.2) is 0 Å². The maximum absolute atomic E-state index is 2.46. The Kier molecular flexibility index (Phi) is 19.2. The van der Waals surface area contributed by atoms with Crippen LogP contribution in [0.25, 0.3) is 191 Å². The summed E-state index contributed by atoms with van der Waals surface area (Å²) in [6, 6.07) is 175. The highest BCUT2D eigenvalue weighted by Gasteiger charge is 2.30. The molecule has 652 valence electrons. The molecule has 0 aliphatic rings. The predicted molar refractivity (Wildman–Crippen MR) is 591 cm³/mol. The number of anilines is 9. The molecule has 28 rings (SSSR count). The molecule has 6 nitrogen and oxygen atoms in total. The summed E-state index contributed by atoms with van der Waals surface area (Å²) >= 11 is 0. The van der Waals surface area contributed by atoms with Gasteiger partial charge >= 0.3 is 0 Å². The average molecular weight is 1760 g/mol. The largest absolute Gasteiger partial charge is 0.310 e. The zero-order chi connectivity index (χ0) is 92.0. The van der Waals surface area contributed by atoms with Crippen molar-refractivity contribution in [2.45, 2.75) is 40.0 Å². The zero-order valence-electron chi connectivity index (χ0n) is 77.3. The number of benzene rings is 25. The van der Waals surface area contributed by atoms with E-state index in [4.69, 9.17) is 0 Å². The summed E-state index contributed by atoms with van der Waals surface area (Å²) in [5.74, 6) is 0. The number of rotatable bonds is 13. The van der Waals surface area contributed by atoms with Crippen LogP contribution in [-0.4, -0.2) is 13.7 Å². The Hall–Kier alpha value is -17.6. The highest BCUT2D eigenvalue weighted by atomic mass is 15.2. The molecule has 0 spiro atoms. The minimum Gasteiger partial charge on any atom is -0.310 e. The number of hydrogen-bond donors (Lipinski definition) is 0. The molecule has 0 aliphatic carbocycles. The Morgan fingerprint density at radius 1 is 0.188 bits per heavy atom. The standard InChI is InChI=1S/C52H35N3.C42H30N2.C38H29N/c1-6-18-37(19-7-1)53(38-20-8-2-9-21-38)48-35-49(54(39-22-10-3-11-23-39)40-24-12-4-13-25-40)44-32-33-45-50-36(30-31-43(48)51(44)50)34-46-42-28-16-17-29-47(42)55(52(45)46)41-26-14-5-15-27-41;1-27-12-6-9-17-36(27)44(37-18-10-7-13-28(37)2)39-25-22-29-20-24-34-41-30(21-23-33(39)40(29)41)26-35-32-16-8-11-19-38(32)43(42(34)35)31-14-4-3-5-15-31;1-38(2,3)27-18-13-24(14-19-27)29-20-15-25-16-22-32-36-26(17-21-31(29)35(25)36)23-33-30-11-7-8-12-34(30)39(37(32)33)28-9-5-4-6-10-28/h1-35H;3-26H,1-2H3;4-23H,1-3H3. The number of aryl methyl sites for hydroxylation is 2. The monoisotopic (exact) mass is 1760 g/mol. The van der Waals surface area contributed by atoms with Gasteiger partial charge in [0.1, 0.15) is 0 Å². The van der Waals surface area contributed by atoms with Crippen LogP contribution in [0.4, 0.5) is 51.2 Å². The summed E-state index contributed by atoms with van der Waals surface area (Å²) < 4.78 is 7.35. The first kappa shape index (κ1) is 81.2. The van der Waals surface area contributed by atoms with Crippen molar-refractivity contribution >= 4 is 214 Å². The van der Waals surface area contributed by atoms with E-state index in [1.807, 2.05) is 0 Å². The topological polar surface area (TPSA) is 24.5 Å². The third kappa shape index (κ3) is 13.1. The van der Waals surface area contributed by atoms with Gasteiger partial charge < -0.3 is 28.4 Å². The van der Waals surface area contributed by atoms with Crippen LogP contribution < -0.4 is 14.7 Å². The molecular formula is C132H94N6. The van der Waals surface area contributed by atoms with Crippen molar-refractivity contribution in [1.82, 2.24) is 13.7 Å². The molecule has 138 heavy (non-hydrogen) atoms. The van der Waals surface area contributed by atoms with Crippen molar-refractivity contribution in [3.8, 4) is 28.2 Å². The Balaban J connectivity index is 0.000000109. The second-order valence-electron chi connectivity index (χ2n) is 37.8. The summed E-state index contributed by atoms with van der Waals surface area (Å²) in [5.41, 5.74) is 27.8. The van der Waals surface area contributed by atoms with Gasteiger partial charge in [0.15, 0.2) is 0 Å². The molecule has 0 radical (unpaired) electrons. The van der Waals surface area contributed by atoms with Crippen LogP contribution in [0.15, 0.2) is 479 Å². The van der Waals surface area contributed by atoms with Gasteiger partial charge in [-0.1, -0.05) is 354 Å². The highest BCUT2D eigenvalue weighted by molar-refractivity contribution is 6.37. The second-order valence-corrected chi connectivity index (χ2v) is 37.8. The SMILES string of the molecule is CC(C)(C)c1ccc(-c2ccc3ccc4c5c(ccc2c35)cc2c3ccccc3n(-c3ccccc3)c24)cc1.Cc1ccccc1N(c1ccccc1C)c1ccc2ccc3c4c(ccc1c24)cc1c2ccccc2n(-c2ccccc2)c13.c1ccc(N(c2ccccc2)c2cc(N(c3ccccc3)c3ccccc3)c3ccc4c5c(ccc2c35)cc2c3ccccc3n(-c3ccccc3)c24)cc1. The molecule has 3 heterocycles. The normalized spacial score (nSPS) is 11.9. The molecule has 0 unspecified atom stereocenters. The smallest absolute Gasteiger partial charge is 0.0620 e. The fourth-order valence-corrected chi connectivity index (χ4v) is 22.7. The van der Waals surface area contributed by atoms with Crippen LogP contribution in [0.3, 0.4) is 0 Å². The van der Waals surface area contributed by atoms with Crippen molar-refractivity contribution in [2.24, 2.45) is 0 Å². The molecule has 0 aliphatic heterocycles. The van der Waals surface area contributed by atoms with Gasteiger partial charge in [0, 0.05) is 121 Å². The quantitative estimate of drug-likeness (QED) is 0.108. The van der Waals surface area contributed by atoms with Gasteiger partial charge in [0.05, 0.1) is 50.2 Å². The van der Waals surface area contributed by atoms with Gasteiger partial charge in [0.25, 0.3) is 0 Å². The van der Waals surface area contributed by atoms with Crippen LogP contribution in [0.5, 0.6) is 0 Å². The van der Waals surface area contributed by atoms with Crippen LogP contribution in [0, 0.1) is 13.8 Å². The maximum atomic E-state index is 2.46. The molecular weight excluding hydrogens is 1670 g/mol. The molecule has 0 saturated heterocycles. The lowest BCUT2D eigenvalue weighted by Crippen LogP contribution is -2.14. The van der Waals surface area contributed by atoms with Gasteiger partial charge in [-0.2, -0.15) is 0 Å². The van der Waals surface area contributed by atoms with Crippen LogP contribution >= 0.6 is 0 Å². The molecule has 0 N–H and O–H groups in total. The Labute approximate surface area is 800 Å². The van der Waals surface area contributed by atoms with Gasteiger partial charge in [-0.15, -0.1) is 0 Å². The molecule has 0 amide bonds. The average Bonchev–Trinajstić information content (AvgIpc) is 1.32. The third-order valence-electron chi connectivity index (χ3n) is 28.9. The molecule has 0 fully saturated rings. The van der Waals surface area contributed by atoms with E-state index in [1.165, 1.54) is 219 Å². The fourth-order valence-electron chi connectivity index (χ4n) is 22.7. The molecule has 0 bridgehead atoms. The molecule has 3 aromatic heterocycles. The number of aromatic nitrogens is 3. The van der Waals surface area contributed by atoms with E-state index in [1.54, 1.807) is 0 Å². The first-order valence-electron chi connectivity index (χ1n) is 48.0. The van der Waals surface area contributed by atoms with Crippen molar-refractivity contribution < 1.29 is 0 Å². The molecule has 0 saturated carbocycles. The van der Waals surface area contributed by atoms with E-state index in [2.05, 4.69) is 542 Å². The zero-order valence-corrected chi connectivity index (χ0v) is 77.3. The number of hydrogen-bond acceptors (Lipinski definition) is 3. The molecule has 0 atom stereocenters. The lowest BCUT2D eigenvalue weighted by Gasteiger charge is -2.32. The predicted octanol–water partition coefficient (Wildman–Crippen LogP) is 37.0. The highest BCUT2D eigenvalue weighted by Crippen LogP contribution is 2.55. The van der Waals surface area contributed by atoms with Crippen molar-refractivity contribution in [3.63, 3.8) is 0 Å². The Bertz CT molecular complexity index is 9330. The van der Waals surface area contributed by atoms with Crippen molar-refractivity contribution in [1.29, 1.82) is 0 Å². The van der Waals surface area contributed by atoms with Crippen LogP contribution in [-0.2, 0) is 5.41 Å². The van der Waals surface area contributed by atoms with E-state index in [-0.39, 0.29) is 5.41 Å². The summed E-state index contributed by atoms with van der Waals surface area (Å²) in [5, 5.41) is 30.7. The van der Waals surface area contributed by atoms with E-state index >= 15 is 0 Å². The summed E-state index contributed by atoms with van der Waals surface area (Å²) in [6.45, 7) is 11.2. The van der Waals surface area contributed by atoms with Gasteiger partial charge in [-0.3, -0.25) is 0 Å². The van der Waals surface area contributed by atoms with E-state index < -0.39 is 0 Å². The van der Waals surface area contributed by atoms with Crippen molar-refractivity contribution in [2.75, 3.05) is 14.7 Å². The Morgan fingerprint density at radius 2 is 0.478 bits per heavy atom. The minimum atomic E-state index is 0.143. The van der Waals surface area contributed by atoms with Crippen molar-refractivity contribution in [3.05, 3.63) is 496 Å². The number of fused-ring (bicyclic) bond motifs is 12. The summed E-state index contributed by atoms with van der Waals surface area (Å²) in [4.78, 5) is 7.29. The molecule has 25 aromatic carbocycles. The molecule has 6 heteroatoms. The minimum absolute atomic E-state index is 0.143. The number of nitrogens with zero attached hydrogens (tertiary/aromatic N) is 6. The van der Waals surface area contributed by atoms with E-state index in [9.17, 15) is 0 Å². The van der Waals surface area contributed by atoms with Gasteiger partial charge in [-0.05, 0) is 252 Å². The summed E-state index contributed by atoms with van der Waals surface area (Å²) in [7, 11) is 0. The van der Waals surface area contributed by atoms with E-state index in [0.717, 1.165) is 39.8 Å². The fraction of sp³-hybridized carbons (Fsp3) is 0.0455. The first-order valence-corrected chi connectivity index (χ1v) is 48.0. The maximum Gasteiger partial charge on any atom is 0.0620 e. The van der Waals surface area contributed by atoms with Crippen LogP contribution in [0.1, 0.15) is 37.5 Å². The Morgan fingerprint density at radius 3 is 0.870 bits per heavy atom. The number of para-hydroxylation sites is 12. The molecule has 28 aromatic rings. The summed E-state index contributed by atoms with van der Waals surface area (Å²) in [6.07, 6.45) is 0. The van der Waals surface area contributed by atoms with Gasteiger partial charge in [0.2, 0.25) is 0 Å². The first-order chi connectivity index (χ1) is 68.0. The second kappa shape index (κ2) is 32.7. The van der Waals surface area contributed by atoms with Crippen LogP contribution in [0.2, 0.25) is 0 Å². The lowest BCUT2D eigenvalue weighted by atomic mass is 9.85. The lowest BCUT2D eigenvalue weighted by molar-refractivity contribution is 0.590. The third-order valence-corrected chi connectivity index (χ3v) is 28.9.